The van der Waals surface area contributed by atoms with E-state index in [0.717, 1.165) is 29.5 Å². The fourth-order valence-corrected chi connectivity index (χ4v) is 4.01. The maximum absolute atomic E-state index is 12.2. The van der Waals surface area contributed by atoms with E-state index in [2.05, 4.69) is 15.6 Å². The Bertz CT molecular complexity index is 1170. The van der Waals surface area contributed by atoms with Crippen LogP contribution in [0.25, 0.3) is 10.2 Å². The Hall–Kier alpha value is -2.93. The maximum Gasteiger partial charge on any atom is 0.327 e. The Morgan fingerprint density at radius 2 is 2.03 bits per heavy atom. The average Bonchev–Trinajstić information content (AvgIpc) is 3.01. The first-order valence-electron chi connectivity index (χ1n) is 7.76. The van der Waals surface area contributed by atoms with Crippen molar-refractivity contribution < 1.29 is 23.3 Å². The molecule has 10 nitrogen and oxygen atoms in total. The summed E-state index contributed by atoms with van der Waals surface area (Å²) in [4.78, 5) is 38.5. The number of urea groups is 1. The second-order valence-electron chi connectivity index (χ2n) is 5.62. The largest absolute Gasteiger partial charge is 0.327 e. The molecular formula is C16H11ClN4O6S2. The molecule has 2 aromatic carbocycles. The molecule has 29 heavy (non-hydrogen) atoms. The number of carbonyl (C=O) groups excluding carboxylic acids is 2. The number of imide groups is 1. The number of nitro groups is 1. The first-order valence-corrected chi connectivity index (χ1v) is 10.2. The van der Waals surface area contributed by atoms with Crippen molar-refractivity contribution >= 4 is 67.0 Å². The minimum Gasteiger partial charge on any atom is -0.306 e. The molecular weight excluding hydrogens is 444 g/mol. The second kappa shape index (κ2) is 8.61. The monoisotopic (exact) mass is 454 g/mol. The van der Waals surface area contributed by atoms with Gasteiger partial charge in [-0.1, -0.05) is 29.0 Å². The number of hydrogen-bond acceptors (Lipinski definition) is 7. The van der Waals surface area contributed by atoms with E-state index in [9.17, 15) is 23.9 Å². The summed E-state index contributed by atoms with van der Waals surface area (Å²) in [6, 6.07) is 7.39. The van der Waals surface area contributed by atoms with Gasteiger partial charge in [0, 0.05) is 12.1 Å². The van der Waals surface area contributed by atoms with Crippen LogP contribution in [0, 0.1) is 10.1 Å². The standard InChI is InChI=1S/C16H11ClN4O6S2/c17-11-6-9(21(24)25)2-3-10(11)14(22)19-15(23)20-16-18-12-4-1-8(7-29(26)27)5-13(12)28-16/h1-6H,7H2,(H,26,27)(H2,18,19,20,22,23). The predicted octanol–water partition coefficient (Wildman–Crippen LogP) is 3.54. The van der Waals surface area contributed by atoms with Gasteiger partial charge in [0.15, 0.2) is 16.2 Å². The van der Waals surface area contributed by atoms with E-state index in [1.165, 1.54) is 0 Å². The lowest BCUT2D eigenvalue weighted by molar-refractivity contribution is -0.384. The van der Waals surface area contributed by atoms with Crippen molar-refractivity contribution in [1.82, 2.24) is 10.3 Å². The fourth-order valence-electron chi connectivity index (χ4n) is 2.36. The summed E-state index contributed by atoms with van der Waals surface area (Å²) in [7, 11) is 0. The lowest BCUT2D eigenvalue weighted by atomic mass is 10.2. The van der Waals surface area contributed by atoms with Crippen molar-refractivity contribution in [1.29, 1.82) is 0 Å². The van der Waals surface area contributed by atoms with Gasteiger partial charge in [-0.3, -0.25) is 25.5 Å². The minimum atomic E-state index is -1.97. The number of nitrogens with one attached hydrogen (secondary N) is 2. The molecule has 0 radical (unpaired) electrons. The van der Waals surface area contributed by atoms with Crippen LogP contribution in [0.15, 0.2) is 36.4 Å². The van der Waals surface area contributed by atoms with E-state index in [0.29, 0.717) is 15.8 Å². The number of hydrogen-bond donors (Lipinski definition) is 3. The van der Waals surface area contributed by atoms with Gasteiger partial charge in [0.2, 0.25) is 0 Å². The number of carbonyl (C=O) groups is 2. The summed E-state index contributed by atoms with van der Waals surface area (Å²) in [6.45, 7) is 0. The highest BCUT2D eigenvalue weighted by Crippen LogP contribution is 2.27. The molecule has 0 spiro atoms. The highest BCUT2D eigenvalue weighted by Gasteiger charge is 2.18. The fraction of sp³-hybridized carbons (Fsp3) is 0.0625. The van der Waals surface area contributed by atoms with Crippen LogP contribution in [0.4, 0.5) is 15.6 Å². The summed E-state index contributed by atoms with van der Waals surface area (Å²) < 4.78 is 20.6. The van der Waals surface area contributed by atoms with Gasteiger partial charge in [-0.2, -0.15) is 0 Å². The summed E-state index contributed by atoms with van der Waals surface area (Å²) in [6.07, 6.45) is 0. The van der Waals surface area contributed by atoms with Crippen molar-refractivity contribution in [3.8, 4) is 0 Å². The Morgan fingerprint density at radius 1 is 1.28 bits per heavy atom. The van der Waals surface area contributed by atoms with Gasteiger partial charge in [0.1, 0.15) is 0 Å². The third-order valence-corrected chi connectivity index (χ3v) is 5.43. The van der Waals surface area contributed by atoms with Crippen LogP contribution in [0.2, 0.25) is 5.02 Å². The second-order valence-corrected chi connectivity index (χ2v) is 7.99. The number of anilines is 1. The van der Waals surface area contributed by atoms with Gasteiger partial charge in [0.25, 0.3) is 11.6 Å². The lowest BCUT2D eigenvalue weighted by Crippen LogP contribution is -2.34. The van der Waals surface area contributed by atoms with E-state index < -0.39 is 27.9 Å². The molecule has 0 aliphatic carbocycles. The Labute approximate surface area is 174 Å². The molecule has 0 bridgehead atoms. The number of amides is 3. The summed E-state index contributed by atoms with van der Waals surface area (Å²) in [5.74, 6) is -0.863. The molecule has 3 aromatic rings. The SMILES string of the molecule is O=C(NC(=O)c1ccc([N+](=O)[O-])cc1Cl)Nc1nc2ccc(CS(=O)O)cc2s1. The first kappa shape index (κ1) is 20.8. The van der Waals surface area contributed by atoms with E-state index in [4.69, 9.17) is 16.2 Å². The van der Waals surface area contributed by atoms with Crippen molar-refractivity contribution in [3.05, 3.63) is 62.7 Å². The molecule has 150 valence electrons. The summed E-state index contributed by atoms with van der Waals surface area (Å²) in [5, 5.41) is 15.2. The Kier molecular flexibility index (Phi) is 6.17. The van der Waals surface area contributed by atoms with Gasteiger partial charge in [-0.15, -0.1) is 0 Å². The molecule has 0 aliphatic heterocycles. The van der Waals surface area contributed by atoms with Crippen LogP contribution in [0.5, 0.6) is 0 Å². The number of non-ortho nitro benzene ring substituents is 1. The molecule has 3 rings (SSSR count). The number of thiazole rings is 1. The topological polar surface area (TPSA) is 152 Å². The Balaban J connectivity index is 1.69. The molecule has 1 aromatic heterocycles. The molecule has 1 heterocycles. The predicted molar refractivity (Wildman–Crippen MR) is 109 cm³/mol. The summed E-state index contributed by atoms with van der Waals surface area (Å²) in [5.41, 5.74) is 0.830. The molecule has 3 N–H and O–H groups in total. The van der Waals surface area contributed by atoms with Gasteiger partial charge >= 0.3 is 6.03 Å². The molecule has 0 saturated heterocycles. The third-order valence-electron chi connectivity index (χ3n) is 3.60. The number of rotatable bonds is 5. The number of halogens is 1. The zero-order valence-corrected chi connectivity index (χ0v) is 16.6. The molecule has 3 amide bonds. The van der Waals surface area contributed by atoms with Gasteiger partial charge in [-0.25, -0.2) is 14.0 Å². The third kappa shape index (κ3) is 5.12. The zero-order valence-electron chi connectivity index (χ0n) is 14.2. The van der Waals surface area contributed by atoms with Crippen molar-refractivity contribution in [3.63, 3.8) is 0 Å². The van der Waals surface area contributed by atoms with Crippen molar-refractivity contribution in [2.24, 2.45) is 0 Å². The average molecular weight is 455 g/mol. The van der Waals surface area contributed by atoms with E-state index in [1.54, 1.807) is 18.2 Å². The zero-order chi connectivity index (χ0) is 21.1. The normalized spacial score (nSPS) is 11.8. The quantitative estimate of drug-likeness (QED) is 0.303. The van der Waals surface area contributed by atoms with Crippen molar-refractivity contribution in [2.75, 3.05) is 5.32 Å². The molecule has 0 aliphatic rings. The van der Waals surface area contributed by atoms with E-state index in [-0.39, 0.29) is 27.2 Å². The first-order chi connectivity index (χ1) is 13.7. The summed E-state index contributed by atoms with van der Waals surface area (Å²) >= 11 is 5.02. The van der Waals surface area contributed by atoms with Gasteiger partial charge in [-0.05, 0) is 23.8 Å². The minimum absolute atomic E-state index is 0.0262. The van der Waals surface area contributed by atoms with Crippen LogP contribution in [-0.4, -0.2) is 30.6 Å². The highest BCUT2D eigenvalue weighted by molar-refractivity contribution is 7.78. The molecule has 0 fully saturated rings. The van der Waals surface area contributed by atoms with Crippen LogP contribution >= 0.6 is 22.9 Å². The number of aromatic nitrogens is 1. The van der Waals surface area contributed by atoms with Crippen LogP contribution in [0.3, 0.4) is 0 Å². The molecule has 0 saturated carbocycles. The number of nitrogens with zero attached hydrogens (tertiary/aromatic N) is 2. The lowest BCUT2D eigenvalue weighted by Gasteiger charge is -2.05. The van der Waals surface area contributed by atoms with Crippen LogP contribution in [0.1, 0.15) is 15.9 Å². The maximum atomic E-state index is 12.2. The Morgan fingerprint density at radius 3 is 2.69 bits per heavy atom. The smallest absolute Gasteiger partial charge is 0.306 e. The van der Waals surface area contributed by atoms with E-state index >= 15 is 0 Å². The van der Waals surface area contributed by atoms with Crippen LogP contribution in [-0.2, 0) is 16.8 Å². The number of fused-ring (bicyclic) bond motifs is 1. The van der Waals surface area contributed by atoms with Gasteiger partial charge < -0.3 is 4.55 Å². The van der Waals surface area contributed by atoms with Gasteiger partial charge in [0.05, 0.1) is 31.5 Å². The van der Waals surface area contributed by atoms with E-state index in [1.807, 2.05) is 0 Å². The number of benzene rings is 2. The molecule has 1 atom stereocenters. The van der Waals surface area contributed by atoms with Crippen molar-refractivity contribution in [2.45, 2.75) is 5.75 Å². The number of nitro benzene ring substituents is 1. The van der Waals surface area contributed by atoms with Crippen LogP contribution < -0.4 is 10.6 Å². The molecule has 13 heteroatoms. The highest BCUT2D eigenvalue weighted by atomic mass is 35.5. The molecule has 1 unspecified atom stereocenters.